The summed E-state index contributed by atoms with van der Waals surface area (Å²) in [4.78, 5) is 0.229. The second kappa shape index (κ2) is 9.33. The maximum absolute atomic E-state index is 12.3. The van der Waals surface area contributed by atoms with E-state index in [2.05, 4.69) is 23.4 Å². The molecule has 0 aliphatic carbocycles. The van der Waals surface area contributed by atoms with E-state index in [1.807, 2.05) is 25.1 Å². The van der Waals surface area contributed by atoms with E-state index in [1.165, 1.54) is 5.56 Å². The molecule has 29 heavy (non-hydrogen) atoms. The summed E-state index contributed by atoms with van der Waals surface area (Å²) in [7, 11) is -5.14. The van der Waals surface area contributed by atoms with Crippen LogP contribution in [-0.4, -0.2) is 59.2 Å². The van der Waals surface area contributed by atoms with Crippen LogP contribution in [0.5, 0.6) is 0 Å². The molecule has 10 heteroatoms. The zero-order valence-corrected chi connectivity index (χ0v) is 18.1. The molecule has 2 aromatic carbocycles. The van der Waals surface area contributed by atoms with Crippen LogP contribution in [0.1, 0.15) is 11.1 Å². The zero-order valence-electron chi connectivity index (χ0n) is 16.5. The van der Waals surface area contributed by atoms with Crippen molar-refractivity contribution in [3.63, 3.8) is 0 Å². The van der Waals surface area contributed by atoms with Gasteiger partial charge >= 0.3 is 0 Å². The van der Waals surface area contributed by atoms with Gasteiger partial charge in [0.25, 0.3) is 10.1 Å². The van der Waals surface area contributed by atoms with Gasteiger partial charge in [0, 0.05) is 5.56 Å². The number of aryl methyl sites for hydroxylation is 1. The number of nitrogens with zero attached hydrogens (tertiary/aromatic N) is 1. The minimum Gasteiger partial charge on any atom is -0.726 e. The fourth-order valence-corrected chi connectivity index (χ4v) is 4.14. The number of hydrogen-bond acceptors (Lipinski definition) is 7. The number of rotatable bonds is 6. The standard InChI is InChI=1S/C18H22NO3S.CH4O4S/c1-15-8-10-18(11-9-15)23(20,21)22-17-13-19(2,14-17)12-16-6-4-3-5-7-16;1-5-6(2,3)4/h3-11,17H,12-14H2,1-2H3;1H3,(H,2,3,4)/q+1;/p-1. The second-order valence-corrected chi connectivity index (χ2v) is 9.91. The third kappa shape index (κ3) is 7.50. The van der Waals surface area contributed by atoms with Crippen LogP contribution in [0, 0.1) is 6.92 Å². The van der Waals surface area contributed by atoms with Gasteiger partial charge in [0.2, 0.25) is 10.4 Å². The largest absolute Gasteiger partial charge is 0.726 e. The molecule has 160 valence electrons. The van der Waals surface area contributed by atoms with E-state index in [0.717, 1.165) is 23.7 Å². The van der Waals surface area contributed by atoms with E-state index in [-0.39, 0.29) is 11.0 Å². The van der Waals surface area contributed by atoms with Crippen molar-refractivity contribution in [2.75, 3.05) is 27.2 Å². The van der Waals surface area contributed by atoms with Crippen molar-refractivity contribution < 1.29 is 34.2 Å². The van der Waals surface area contributed by atoms with E-state index >= 15 is 0 Å². The normalized spacial score (nSPS) is 21.6. The Morgan fingerprint density at radius 3 is 2.00 bits per heavy atom. The average molecular weight is 444 g/mol. The predicted molar refractivity (Wildman–Crippen MR) is 106 cm³/mol. The maximum Gasteiger partial charge on any atom is 0.297 e. The summed E-state index contributed by atoms with van der Waals surface area (Å²) in [5.41, 5.74) is 2.29. The average Bonchev–Trinajstić information content (AvgIpc) is 2.61. The van der Waals surface area contributed by atoms with Gasteiger partial charge in [0.1, 0.15) is 19.6 Å². The van der Waals surface area contributed by atoms with Gasteiger partial charge in [0.05, 0.1) is 19.1 Å². The monoisotopic (exact) mass is 443 g/mol. The molecule has 1 heterocycles. The first kappa shape index (κ1) is 23.5. The molecule has 0 bridgehead atoms. The van der Waals surface area contributed by atoms with Crippen molar-refractivity contribution in [3.05, 3.63) is 65.7 Å². The summed E-state index contributed by atoms with van der Waals surface area (Å²) in [5, 5.41) is 0. The first-order valence-corrected chi connectivity index (χ1v) is 11.6. The third-order valence-electron chi connectivity index (χ3n) is 4.47. The summed E-state index contributed by atoms with van der Waals surface area (Å²) in [6.07, 6.45) is -0.241. The summed E-state index contributed by atoms with van der Waals surface area (Å²) >= 11 is 0. The number of quaternary nitrogens is 1. The molecule has 3 rings (SSSR count). The Balaban J connectivity index is 0.000000438. The van der Waals surface area contributed by atoms with Gasteiger partial charge in [-0.2, -0.15) is 8.42 Å². The summed E-state index contributed by atoms with van der Waals surface area (Å²) in [6, 6.07) is 17.0. The van der Waals surface area contributed by atoms with Crippen LogP contribution < -0.4 is 0 Å². The second-order valence-electron chi connectivity index (χ2n) is 7.19. The van der Waals surface area contributed by atoms with Crippen molar-refractivity contribution in [2.24, 2.45) is 0 Å². The van der Waals surface area contributed by atoms with Crippen molar-refractivity contribution in [3.8, 4) is 0 Å². The highest BCUT2D eigenvalue weighted by Crippen LogP contribution is 2.27. The van der Waals surface area contributed by atoms with Gasteiger partial charge < -0.3 is 9.04 Å². The SMILES string of the molecule is COS(=O)(=O)[O-].Cc1ccc(S(=O)(=O)OC2C[N+](C)(Cc3ccccc3)C2)cc1. The topological polar surface area (TPSA) is 110 Å². The Labute approximate surface area is 172 Å². The van der Waals surface area contributed by atoms with Gasteiger partial charge in [-0.05, 0) is 19.1 Å². The summed E-state index contributed by atoms with van der Waals surface area (Å²) in [5.74, 6) is 0. The lowest BCUT2D eigenvalue weighted by Gasteiger charge is -2.46. The number of likely N-dealkylation sites (tertiary alicyclic amines) is 1. The number of likely N-dealkylation sites (N-methyl/N-ethyl adjacent to an activating group) is 1. The molecule has 1 aliphatic heterocycles. The molecule has 0 spiro atoms. The Hall–Kier alpha value is -1.82. The molecule has 0 saturated carbocycles. The van der Waals surface area contributed by atoms with E-state index in [1.54, 1.807) is 24.3 Å². The van der Waals surface area contributed by atoms with Crippen molar-refractivity contribution in [2.45, 2.75) is 24.5 Å². The fraction of sp³-hybridized carbons (Fsp3) is 0.368. The maximum atomic E-state index is 12.3. The van der Waals surface area contributed by atoms with Gasteiger partial charge in [-0.15, -0.1) is 0 Å². The molecule has 2 aromatic rings. The van der Waals surface area contributed by atoms with E-state index in [9.17, 15) is 21.4 Å². The van der Waals surface area contributed by atoms with E-state index in [4.69, 9.17) is 4.18 Å². The molecule has 0 amide bonds. The van der Waals surface area contributed by atoms with Crippen LogP contribution in [0.4, 0.5) is 0 Å². The molecule has 1 fully saturated rings. The van der Waals surface area contributed by atoms with Crippen LogP contribution in [0.25, 0.3) is 0 Å². The van der Waals surface area contributed by atoms with Crippen LogP contribution in [0.2, 0.25) is 0 Å². The molecular formula is C19H25NO7S2. The first-order chi connectivity index (χ1) is 13.4. The molecule has 8 nitrogen and oxygen atoms in total. The molecule has 0 unspecified atom stereocenters. The molecule has 0 atom stereocenters. The minimum atomic E-state index is -4.41. The highest BCUT2D eigenvalue weighted by Gasteiger charge is 2.44. The fourth-order valence-electron chi connectivity index (χ4n) is 3.08. The predicted octanol–water partition coefficient (Wildman–Crippen LogP) is 1.82. The number of benzene rings is 2. The Bertz CT molecular complexity index is 998. The molecule has 1 saturated heterocycles. The molecular weight excluding hydrogens is 418 g/mol. The summed E-state index contributed by atoms with van der Waals surface area (Å²) < 4.78 is 61.8. The minimum absolute atomic E-state index is 0.229. The van der Waals surface area contributed by atoms with Gasteiger partial charge in [-0.25, -0.2) is 8.42 Å². The molecule has 0 aromatic heterocycles. The quantitative estimate of drug-likeness (QED) is 0.290. The summed E-state index contributed by atoms with van der Waals surface area (Å²) in [6.45, 7) is 4.24. The van der Waals surface area contributed by atoms with Crippen molar-refractivity contribution in [1.82, 2.24) is 0 Å². The van der Waals surface area contributed by atoms with Crippen LogP contribution >= 0.6 is 0 Å². The molecule has 1 aliphatic rings. The third-order valence-corrected chi connectivity index (χ3v) is 6.26. The number of hydrogen-bond donors (Lipinski definition) is 0. The van der Waals surface area contributed by atoms with Crippen LogP contribution in [-0.2, 0) is 35.4 Å². The smallest absolute Gasteiger partial charge is 0.297 e. The van der Waals surface area contributed by atoms with E-state index in [0.29, 0.717) is 13.1 Å². The van der Waals surface area contributed by atoms with Gasteiger partial charge in [0.15, 0.2) is 6.10 Å². The molecule has 0 radical (unpaired) electrons. The first-order valence-electron chi connectivity index (χ1n) is 8.81. The van der Waals surface area contributed by atoms with E-state index < -0.39 is 20.5 Å². The van der Waals surface area contributed by atoms with Crippen molar-refractivity contribution >= 4 is 20.5 Å². The highest BCUT2D eigenvalue weighted by atomic mass is 32.3. The van der Waals surface area contributed by atoms with Crippen LogP contribution in [0.15, 0.2) is 59.5 Å². The Kier molecular flexibility index (Phi) is 7.55. The zero-order chi connectivity index (χ0) is 21.7. The van der Waals surface area contributed by atoms with Gasteiger partial charge in [-0.1, -0.05) is 48.0 Å². The Morgan fingerprint density at radius 2 is 1.52 bits per heavy atom. The highest BCUT2D eigenvalue weighted by molar-refractivity contribution is 7.86. The lowest BCUT2D eigenvalue weighted by Crippen LogP contribution is -2.64. The molecule has 0 N–H and O–H groups in total. The van der Waals surface area contributed by atoms with Crippen molar-refractivity contribution in [1.29, 1.82) is 0 Å². The lowest BCUT2D eigenvalue weighted by atomic mass is 10.1. The Morgan fingerprint density at radius 1 is 1.00 bits per heavy atom. The lowest BCUT2D eigenvalue weighted by molar-refractivity contribution is -0.966. The van der Waals surface area contributed by atoms with Gasteiger partial charge in [-0.3, -0.25) is 8.37 Å². The van der Waals surface area contributed by atoms with Crippen LogP contribution in [0.3, 0.4) is 0 Å².